The summed E-state index contributed by atoms with van der Waals surface area (Å²) >= 11 is 0. The van der Waals surface area contributed by atoms with Crippen molar-refractivity contribution in [2.45, 2.75) is 57.0 Å². The number of aliphatic hydroxyl groups is 1. The van der Waals surface area contributed by atoms with E-state index in [9.17, 15) is 9.90 Å². The molecular weight excluding hydrogens is 310 g/mol. The summed E-state index contributed by atoms with van der Waals surface area (Å²) in [4.78, 5) is 12.7. The summed E-state index contributed by atoms with van der Waals surface area (Å²) < 4.78 is 17.2. The Morgan fingerprint density at radius 1 is 1.25 bits per heavy atom. The van der Waals surface area contributed by atoms with Gasteiger partial charge < -0.3 is 19.3 Å². The number of amides is 1. The van der Waals surface area contributed by atoms with Gasteiger partial charge in [-0.1, -0.05) is 30.3 Å². The summed E-state index contributed by atoms with van der Waals surface area (Å²) in [5.41, 5.74) is 0.941. The Morgan fingerprint density at radius 2 is 1.88 bits per heavy atom. The SMILES string of the molecule is CC1(C)OC2C(O)CC([N+](C)(C)C(=O)OCc3ccccc3)C2O1. The minimum Gasteiger partial charge on any atom is -0.415 e. The second-order valence-electron chi connectivity index (χ2n) is 7.52. The number of hydrogen-bond donors (Lipinski definition) is 1. The molecule has 2 fully saturated rings. The van der Waals surface area contributed by atoms with Crippen molar-refractivity contribution in [2.75, 3.05) is 14.1 Å². The van der Waals surface area contributed by atoms with E-state index in [0.29, 0.717) is 6.42 Å². The van der Waals surface area contributed by atoms with Crippen molar-refractivity contribution in [1.82, 2.24) is 0 Å². The van der Waals surface area contributed by atoms with E-state index < -0.39 is 18.0 Å². The third-order valence-electron chi connectivity index (χ3n) is 4.91. The van der Waals surface area contributed by atoms with Gasteiger partial charge in [-0.3, -0.25) is 0 Å². The summed E-state index contributed by atoms with van der Waals surface area (Å²) in [6.45, 7) is 3.87. The van der Waals surface area contributed by atoms with Crippen LogP contribution in [0, 0.1) is 0 Å². The van der Waals surface area contributed by atoms with E-state index in [2.05, 4.69) is 0 Å². The lowest BCUT2D eigenvalue weighted by molar-refractivity contribution is -0.847. The maximum atomic E-state index is 12.7. The van der Waals surface area contributed by atoms with E-state index in [0.717, 1.165) is 5.56 Å². The van der Waals surface area contributed by atoms with Crippen molar-refractivity contribution >= 4 is 6.09 Å². The quantitative estimate of drug-likeness (QED) is 0.856. The molecule has 2 aliphatic rings. The molecule has 1 amide bonds. The van der Waals surface area contributed by atoms with Gasteiger partial charge in [0.15, 0.2) is 5.79 Å². The number of rotatable bonds is 3. The fourth-order valence-corrected chi connectivity index (χ4v) is 3.58. The fourth-order valence-electron chi connectivity index (χ4n) is 3.58. The first-order valence-electron chi connectivity index (χ1n) is 8.29. The first kappa shape index (κ1) is 17.4. The van der Waals surface area contributed by atoms with E-state index >= 15 is 0 Å². The Bertz CT molecular complexity index is 601. The molecule has 1 aliphatic carbocycles. The molecule has 4 atom stereocenters. The van der Waals surface area contributed by atoms with Gasteiger partial charge in [-0.05, 0) is 19.4 Å². The van der Waals surface area contributed by atoms with Crippen LogP contribution in [-0.4, -0.2) is 59.9 Å². The number of carbonyl (C=O) groups excluding carboxylic acids is 1. The number of fused-ring (bicyclic) bond motifs is 1. The average molecular weight is 336 g/mol. The topological polar surface area (TPSA) is 65.0 Å². The molecule has 0 radical (unpaired) electrons. The molecule has 1 aromatic carbocycles. The smallest absolute Gasteiger partial charge is 0.415 e. The fraction of sp³-hybridized carbons (Fsp3) is 0.611. The lowest BCUT2D eigenvalue weighted by atomic mass is 10.1. The van der Waals surface area contributed by atoms with Crippen LogP contribution in [0.4, 0.5) is 4.79 Å². The van der Waals surface area contributed by atoms with Crippen LogP contribution in [0.5, 0.6) is 0 Å². The van der Waals surface area contributed by atoms with Crippen LogP contribution in [0.2, 0.25) is 0 Å². The minimum atomic E-state index is -0.747. The lowest BCUT2D eigenvalue weighted by Crippen LogP contribution is -2.57. The maximum absolute atomic E-state index is 12.7. The van der Waals surface area contributed by atoms with E-state index in [1.54, 1.807) is 14.1 Å². The summed E-state index contributed by atoms with van der Waals surface area (Å²) in [6.07, 6.45) is -1.26. The van der Waals surface area contributed by atoms with Gasteiger partial charge in [0.05, 0.1) is 20.2 Å². The number of nitrogens with zero attached hydrogens (tertiary/aromatic N) is 1. The number of hydrogen-bond acceptors (Lipinski definition) is 5. The Labute approximate surface area is 142 Å². The lowest BCUT2D eigenvalue weighted by Gasteiger charge is -2.34. The highest BCUT2D eigenvalue weighted by molar-refractivity contribution is 5.59. The average Bonchev–Trinajstić information content (AvgIpc) is 3.00. The summed E-state index contributed by atoms with van der Waals surface area (Å²) in [5, 5.41) is 10.3. The van der Waals surface area contributed by atoms with Crippen LogP contribution >= 0.6 is 0 Å². The molecule has 6 heteroatoms. The molecule has 1 aromatic rings. The zero-order chi connectivity index (χ0) is 17.5. The summed E-state index contributed by atoms with van der Waals surface area (Å²) in [5.74, 6) is -0.747. The molecule has 1 saturated carbocycles. The van der Waals surface area contributed by atoms with Gasteiger partial charge in [0, 0.05) is 6.42 Å². The second kappa shape index (κ2) is 6.11. The normalized spacial score (nSPS) is 31.7. The van der Waals surface area contributed by atoms with Gasteiger partial charge >= 0.3 is 6.09 Å². The second-order valence-corrected chi connectivity index (χ2v) is 7.52. The van der Waals surface area contributed by atoms with Gasteiger partial charge in [0.25, 0.3) is 0 Å². The van der Waals surface area contributed by atoms with E-state index in [-0.39, 0.29) is 29.3 Å². The Kier molecular flexibility index (Phi) is 4.42. The van der Waals surface area contributed by atoms with Crippen molar-refractivity contribution in [3.05, 3.63) is 35.9 Å². The molecule has 1 saturated heterocycles. The number of ether oxygens (including phenoxy) is 3. The predicted molar refractivity (Wildman–Crippen MR) is 87.0 cm³/mol. The molecule has 132 valence electrons. The monoisotopic (exact) mass is 336 g/mol. The van der Waals surface area contributed by atoms with E-state index in [4.69, 9.17) is 14.2 Å². The van der Waals surface area contributed by atoms with Gasteiger partial charge in [0.2, 0.25) is 0 Å². The number of quaternary nitrogens is 1. The highest BCUT2D eigenvalue weighted by atomic mass is 16.8. The number of likely N-dealkylation sites (N-methyl/N-ethyl adjacent to an activating group) is 1. The standard InChI is InChI=1S/C18H26NO5/c1-18(2)23-15-13(10-14(20)16(15)24-18)19(3,4)17(21)22-11-12-8-6-5-7-9-12/h5-9,13-16,20H,10-11H2,1-4H3/q+1. The Balaban J connectivity index is 1.69. The van der Waals surface area contributed by atoms with Crippen LogP contribution in [0.25, 0.3) is 0 Å². The molecule has 1 aliphatic heterocycles. The number of benzene rings is 1. The van der Waals surface area contributed by atoms with E-state index in [1.807, 2.05) is 44.2 Å². The third kappa shape index (κ3) is 3.19. The molecule has 0 bridgehead atoms. The highest BCUT2D eigenvalue weighted by Gasteiger charge is 2.60. The number of aliphatic hydroxyl groups excluding tert-OH is 1. The van der Waals surface area contributed by atoms with Gasteiger partial charge in [-0.25, -0.2) is 4.48 Å². The van der Waals surface area contributed by atoms with E-state index in [1.165, 1.54) is 0 Å². The Morgan fingerprint density at radius 3 is 2.54 bits per heavy atom. The van der Waals surface area contributed by atoms with Crippen molar-refractivity contribution in [3.63, 3.8) is 0 Å². The molecule has 1 N–H and O–H groups in total. The van der Waals surface area contributed by atoms with Crippen LogP contribution in [0.15, 0.2) is 30.3 Å². The maximum Gasteiger partial charge on any atom is 0.516 e. The molecule has 1 heterocycles. The molecule has 0 aromatic heterocycles. The molecule has 3 rings (SSSR count). The first-order valence-corrected chi connectivity index (χ1v) is 8.29. The van der Waals surface area contributed by atoms with Crippen molar-refractivity contribution in [1.29, 1.82) is 0 Å². The Hall–Kier alpha value is -1.47. The summed E-state index contributed by atoms with van der Waals surface area (Å²) in [6, 6.07) is 9.36. The third-order valence-corrected chi connectivity index (χ3v) is 4.91. The molecule has 24 heavy (non-hydrogen) atoms. The van der Waals surface area contributed by atoms with Gasteiger partial charge in [0.1, 0.15) is 24.9 Å². The van der Waals surface area contributed by atoms with Gasteiger partial charge in [-0.15, -0.1) is 0 Å². The van der Waals surface area contributed by atoms with Gasteiger partial charge in [-0.2, -0.15) is 4.79 Å². The van der Waals surface area contributed by atoms with Crippen LogP contribution in [-0.2, 0) is 20.8 Å². The van der Waals surface area contributed by atoms with Crippen LogP contribution < -0.4 is 0 Å². The summed E-state index contributed by atoms with van der Waals surface area (Å²) in [7, 11) is 3.59. The van der Waals surface area contributed by atoms with Crippen molar-refractivity contribution in [3.8, 4) is 0 Å². The van der Waals surface area contributed by atoms with Crippen LogP contribution in [0.1, 0.15) is 25.8 Å². The molecule has 6 nitrogen and oxygen atoms in total. The minimum absolute atomic E-state index is 0.00942. The predicted octanol–water partition coefficient (Wildman–Crippen LogP) is 2.05. The van der Waals surface area contributed by atoms with Crippen molar-refractivity contribution in [2.24, 2.45) is 0 Å². The largest absolute Gasteiger partial charge is 0.516 e. The van der Waals surface area contributed by atoms with Crippen LogP contribution in [0.3, 0.4) is 0 Å². The zero-order valence-electron chi connectivity index (χ0n) is 14.6. The zero-order valence-corrected chi connectivity index (χ0v) is 14.6. The number of carbonyl (C=O) groups is 1. The molecule has 0 spiro atoms. The highest BCUT2D eigenvalue weighted by Crippen LogP contribution is 2.41. The first-order chi connectivity index (χ1) is 11.2. The van der Waals surface area contributed by atoms with Crippen molar-refractivity contribution < 1.29 is 28.6 Å². The molecule has 4 unspecified atom stereocenters. The molecular formula is C18H26NO5+.